The molecule has 0 heterocycles. The van der Waals surface area contributed by atoms with Crippen LogP contribution < -0.4 is 0 Å². The number of hydrogen-bond acceptors (Lipinski definition) is 3. The molecule has 0 bridgehead atoms. The van der Waals surface area contributed by atoms with Crippen molar-refractivity contribution in [3.05, 3.63) is 29.8 Å². The van der Waals surface area contributed by atoms with Gasteiger partial charge in [0, 0.05) is 4.90 Å². The Labute approximate surface area is 98.9 Å². The number of aliphatic carboxylic acids is 1. The van der Waals surface area contributed by atoms with E-state index in [9.17, 15) is 9.59 Å². The lowest BCUT2D eigenvalue weighted by atomic mass is 9.96. The SMILES string of the molecule is CSc1ccc(CC(C(C)=O)C(=O)O)cc1. The van der Waals surface area contributed by atoms with Crippen molar-refractivity contribution in [2.24, 2.45) is 5.92 Å². The lowest BCUT2D eigenvalue weighted by molar-refractivity contribution is -0.145. The van der Waals surface area contributed by atoms with Crippen molar-refractivity contribution in [2.75, 3.05) is 6.26 Å². The molecular formula is C12H14O3S. The van der Waals surface area contributed by atoms with Gasteiger partial charge in [0.2, 0.25) is 0 Å². The maximum atomic E-state index is 11.1. The van der Waals surface area contributed by atoms with Crippen molar-refractivity contribution in [1.29, 1.82) is 0 Å². The summed E-state index contributed by atoms with van der Waals surface area (Å²) >= 11 is 1.63. The number of ketones is 1. The number of benzene rings is 1. The molecule has 1 aromatic rings. The minimum Gasteiger partial charge on any atom is -0.481 e. The molecule has 86 valence electrons. The monoisotopic (exact) mass is 238 g/mol. The van der Waals surface area contributed by atoms with Gasteiger partial charge < -0.3 is 5.11 Å². The molecule has 0 aliphatic rings. The first-order valence-corrected chi connectivity index (χ1v) is 6.13. The maximum absolute atomic E-state index is 11.1. The average Bonchev–Trinajstić information content (AvgIpc) is 2.25. The minimum atomic E-state index is -1.05. The quantitative estimate of drug-likeness (QED) is 0.631. The molecule has 0 saturated carbocycles. The molecule has 1 atom stereocenters. The Balaban J connectivity index is 2.77. The van der Waals surface area contributed by atoms with Gasteiger partial charge in [-0.1, -0.05) is 12.1 Å². The van der Waals surface area contributed by atoms with E-state index in [0.717, 1.165) is 10.5 Å². The third-order valence-corrected chi connectivity index (χ3v) is 3.13. The van der Waals surface area contributed by atoms with Crippen molar-refractivity contribution < 1.29 is 14.7 Å². The van der Waals surface area contributed by atoms with Crippen LogP contribution in [0.5, 0.6) is 0 Å². The lowest BCUT2D eigenvalue weighted by Gasteiger charge is -2.08. The minimum absolute atomic E-state index is 0.263. The maximum Gasteiger partial charge on any atom is 0.314 e. The molecule has 3 nitrogen and oxygen atoms in total. The van der Waals surface area contributed by atoms with Gasteiger partial charge in [0.25, 0.3) is 0 Å². The summed E-state index contributed by atoms with van der Waals surface area (Å²) in [5.41, 5.74) is 0.875. The zero-order chi connectivity index (χ0) is 12.1. The van der Waals surface area contributed by atoms with Crippen LogP contribution in [-0.4, -0.2) is 23.1 Å². The van der Waals surface area contributed by atoms with Crippen molar-refractivity contribution in [1.82, 2.24) is 0 Å². The number of rotatable bonds is 5. The highest BCUT2D eigenvalue weighted by Gasteiger charge is 2.22. The highest BCUT2D eigenvalue weighted by atomic mass is 32.2. The Bertz CT molecular complexity index is 370. The van der Waals surface area contributed by atoms with Crippen LogP contribution in [0.1, 0.15) is 12.5 Å². The number of Topliss-reactive ketones (excluding diaryl/α,β-unsaturated/α-hetero) is 1. The van der Waals surface area contributed by atoms with Crippen LogP contribution in [0.15, 0.2) is 29.2 Å². The van der Waals surface area contributed by atoms with Gasteiger partial charge in [-0.3, -0.25) is 9.59 Å². The third-order valence-electron chi connectivity index (χ3n) is 2.39. The molecule has 0 saturated heterocycles. The van der Waals surface area contributed by atoms with Gasteiger partial charge in [0.05, 0.1) is 0 Å². The molecule has 0 spiro atoms. The molecule has 1 N–H and O–H groups in total. The fraction of sp³-hybridized carbons (Fsp3) is 0.333. The largest absolute Gasteiger partial charge is 0.481 e. The van der Waals surface area contributed by atoms with Gasteiger partial charge >= 0.3 is 5.97 Å². The summed E-state index contributed by atoms with van der Waals surface area (Å²) < 4.78 is 0. The number of carboxylic acids is 1. The Hall–Kier alpha value is -1.29. The number of carbonyl (C=O) groups is 2. The molecule has 0 radical (unpaired) electrons. The van der Waals surface area contributed by atoms with Crippen molar-refractivity contribution in [3.8, 4) is 0 Å². The number of hydrogen-bond donors (Lipinski definition) is 1. The summed E-state index contributed by atoms with van der Waals surface area (Å²) in [6.07, 6.45) is 2.24. The molecule has 16 heavy (non-hydrogen) atoms. The molecule has 1 rings (SSSR count). The van der Waals surface area contributed by atoms with E-state index in [1.54, 1.807) is 11.8 Å². The molecule has 4 heteroatoms. The van der Waals surface area contributed by atoms with Gasteiger partial charge in [-0.15, -0.1) is 11.8 Å². The highest BCUT2D eigenvalue weighted by molar-refractivity contribution is 7.98. The van der Waals surface area contributed by atoms with Crippen molar-refractivity contribution >= 4 is 23.5 Å². The normalized spacial score (nSPS) is 12.1. The van der Waals surface area contributed by atoms with Crippen molar-refractivity contribution in [2.45, 2.75) is 18.2 Å². The van der Waals surface area contributed by atoms with Crippen LogP contribution in [0.4, 0.5) is 0 Å². The smallest absolute Gasteiger partial charge is 0.314 e. The summed E-state index contributed by atoms with van der Waals surface area (Å²) in [7, 11) is 0. The van der Waals surface area contributed by atoms with Gasteiger partial charge in [-0.2, -0.15) is 0 Å². The second-order valence-corrected chi connectivity index (χ2v) is 4.43. The first-order valence-electron chi connectivity index (χ1n) is 4.90. The number of thioether (sulfide) groups is 1. The van der Waals surface area contributed by atoms with E-state index in [1.165, 1.54) is 6.92 Å². The van der Waals surface area contributed by atoms with Crippen LogP contribution in [0, 0.1) is 5.92 Å². The molecule has 0 fully saturated rings. The molecule has 0 amide bonds. The van der Waals surface area contributed by atoms with Crippen molar-refractivity contribution in [3.63, 3.8) is 0 Å². The van der Waals surface area contributed by atoms with Crippen LogP contribution in [-0.2, 0) is 16.0 Å². The standard InChI is InChI=1S/C12H14O3S/c1-8(13)11(12(14)15)7-9-3-5-10(16-2)6-4-9/h3-6,11H,7H2,1-2H3,(H,14,15). The van der Waals surface area contributed by atoms with Gasteiger partial charge in [-0.05, 0) is 37.3 Å². The summed E-state index contributed by atoms with van der Waals surface area (Å²) in [6.45, 7) is 1.31. The average molecular weight is 238 g/mol. The molecule has 0 aliphatic carbocycles. The fourth-order valence-electron chi connectivity index (χ4n) is 1.40. The highest BCUT2D eigenvalue weighted by Crippen LogP contribution is 2.17. The Morgan fingerprint density at radius 3 is 2.25 bits per heavy atom. The number of carbonyl (C=O) groups excluding carboxylic acids is 1. The zero-order valence-corrected chi connectivity index (χ0v) is 10.1. The van der Waals surface area contributed by atoms with Gasteiger partial charge in [0.1, 0.15) is 11.7 Å². The van der Waals surface area contributed by atoms with Crippen LogP contribution in [0.2, 0.25) is 0 Å². The van der Waals surface area contributed by atoms with Gasteiger partial charge in [-0.25, -0.2) is 0 Å². The second-order valence-electron chi connectivity index (χ2n) is 3.55. The zero-order valence-electron chi connectivity index (χ0n) is 9.27. The topological polar surface area (TPSA) is 54.4 Å². The van der Waals surface area contributed by atoms with E-state index in [1.807, 2.05) is 30.5 Å². The molecular weight excluding hydrogens is 224 g/mol. The van der Waals surface area contributed by atoms with E-state index in [2.05, 4.69) is 0 Å². The van der Waals surface area contributed by atoms with Gasteiger partial charge in [0.15, 0.2) is 0 Å². The molecule has 0 aromatic heterocycles. The Morgan fingerprint density at radius 2 is 1.88 bits per heavy atom. The summed E-state index contributed by atoms with van der Waals surface area (Å²) in [6, 6.07) is 7.59. The Morgan fingerprint density at radius 1 is 1.31 bits per heavy atom. The van der Waals surface area contributed by atoms with E-state index < -0.39 is 11.9 Å². The van der Waals surface area contributed by atoms with Crippen LogP contribution in [0.3, 0.4) is 0 Å². The predicted molar refractivity (Wildman–Crippen MR) is 63.7 cm³/mol. The summed E-state index contributed by atoms with van der Waals surface area (Å²) in [4.78, 5) is 23.1. The first-order chi connectivity index (χ1) is 7.54. The molecule has 1 aromatic carbocycles. The molecule has 1 unspecified atom stereocenters. The van der Waals surface area contributed by atoms with E-state index >= 15 is 0 Å². The van der Waals surface area contributed by atoms with Crippen LogP contribution in [0.25, 0.3) is 0 Å². The second kappa shape index (κ2) is 5.70. The Kier molecular flexibility index (Phi) is 4.55. The fourth-order valence-corrected chi connectivity index (χ4v) is 1.81. The summed E-state index contributed by atoms with van der Waals surface area (Å²) in [5.74, 6) is -2.29. The number of carboxylic acid groups (broad SMARTS) is 1. The van der Waals surface area contributed by atoms with E-state index in [4.69, 9.17) is 5.11 Å². The first kappa shape index (κ1) is 12.8. The summed E-state index contributed by atoms with van der Waals surface area (Å²) in [5, 5.41) is 8.88. The van der Waals surface area contributed by atoms with Crippen LogP contribution >= 0.6 is 11.8 Å². The molecule has 0 aliphatic heterocycles. The lowest BCUT2D eigenvalue weighted by Crippen LogP contribution is -2.23. The van der Waals surface area contributed by atoms with E-state index in [-0.39, 0.29) is 12.2 Å². The van der Waals surface area contributed by atoms with E-state index in [0.29, 0.717) is 0 Å². The predicted octanol–water partition coefficient (Wildman–Crippen LogP) is 2.24. The third kappa shape index (κ3) is 3.38.